The van der Waals surface area contributed by atoms with Crippen LogP contribution >= 0.6 is 0 Å². The van der Waals surface area contributed by atoms with Gasteiger partial charge in [0.25, 0.3) is 0 Å². The highest BCUT2D eigenvalue weighted by atomic mass is 19.1. The van der Waals surface area contributed by atoms with Crippen molar-refractivity contribution in [2.45, 2.75) is 12.8 Å². The summed E-state index contributed by atoms with van der Waals surface area (Å²) in [6, 6.07) is 5.97. The summed E-state index contributed by atoms with van der Waals surface area (Å²) in [5, 5.41) is 3.82. The summed E-state index contributed by atoms with van der Waals surface area (Å²) < 4.78 is 17.7. The van der Waals surface area contributed by atoms with Crippen LogP contribution in [0.25, 0.3) is 11.4 Å². The third kappa shape index (κ3) is 2.43. The van der Waals surface area contributed by atoms with Crippen LogP contribution in [0.1, 0.15) is 12.3 Å². The number of rotatable bonds is 4. The van der Waals surface area contributed by atoms with Gasteiger partial charge in [-0.15, -0.1) is 0 Å². The average Bonchev–Trinajstić information content (AvgIpc) is 2.76. The lowest BCUT2D eigenvalue weighted by molar-refractivity contribution is 0.376. The number of hydrogen-bond acceptors (Lipinski definition) is 4. The summed E-state index contributed by atoms with van der Waals surface area (Å²) in [5.74, 6) is 0.757. The van der Waals surface area contributed by atoms with Gasteiger partial charge in [-0.25, -0.2) is 4.39 Å². The fraction of sp³-hybridized carbons (Fsp3) is 0.273. The van der Waals surface area contributed by atoms with Crippen LogP contribution < -0.4 is 5.73 Å². The van der Waals surface area contributed by atoms with Crippen LogP contribution in [0.3, 0.4) is 0 Å². The monoisotopic (exact) mass is 221 g/mol. The summed E-state index contributed by atoms with van der Waals surface area (Å²) in [4.78, 5) is 4.19. The molecule has 1 aromatic carbocycles. The molecular formula is C11H12FN3O. The molecule has 0 bridgehead atoms. The molecule has 2 rings (SSSR count). The largest absolute Gasteiger partial charge is 0.339 e. The summed E-state index contributed by atoms with van der Waals surface area (Å²) in [5.41, 5.74) is 6.12. The van der Waals surface area contributed by atoms with Crippen molar-refractivity contribution >= 4 is 0 Å². The summed E-state index contributed by atoms with van der Waals surface area (Å²) in [7, 11) is 0. The SMILES string of the molecule is NCCCc1nc(-c2ccc(F)cc2)no1. The van der Waals surface area contributed by atoms with E-state index in [-0.39, 0.29) is 5.82 Å². The number of benzene rings is 1. The number of halogens is 1. The third-order valence-corrected chi connectivity index (χ3v) is 2.17. The van der Waals surface area contributed by atoms with Crippen molar-refractivity contribution < 1.29 is 8.91 Å². The third-order valence-electron chi connectivity index (χ3n) is 2.17. The zero-order valence-corrected chi connectivity index (χ0v) is 8.69. The van der Waals surface area contributed by atoms with E-state index in [1.54, 1.807) is 12.1 Å². The highest BCUT2D eigenvalue weighted by Gasteiger charge is 2.07. The number of nitrogens with zero attached hydrogens (tertiary/aromatic N) is 2. The smallest absolute Gasteiger partial charge is 0.227 e. The van der Waals surface area contributed by atoms with Crippen molar-refractivity contribution in [3.05, 3.63) is 36.0 Å². The first kappa shape index (κ1) is 10.8. The van der Waals surface area contributed by atoms with E-state index < -0.39 is 0 Å². The van der Waals surface area contributed by atoms with E-state index in [0.29, 0.717) is 24.7 Å². The maximum Gasteiger partial charge on any atom is 0.227 e. The number of aryl methyl sites for hydroxylation is 1. The molecule has 0 aliphatic carbocycles. The summed E-state index contributed by atoms with van der Waals surface area (Å²) >= 11 is 0. The zero-order valence-electron chi connectivity index (χ0n) is 8.69. The van der Waals surface area contributed by atoms with Gasteiger partial charge in [-0.2, -0.15) is 4.98 Å². The van der Waals surface area contributed by atoms with Crippen LogP contribution in [0, 0.1) is 5.82 Å². The summed E-state index contributed by atoms with van der Waals surface area (Å²) in [6.45, 7) is 0.592. The predicted molar refractivity (Wildman–Crippen MR) is 57.1 cm³/mol. The van der Waals surface area contributed by atoms with Crippen molar-refractivity contribution in [3.8, 4) is 11.4 Å². The molecule has 0 amide bonds. The minimum absolute atomic E-state index is 0.282. The maximum atomic E-state index is 12.7. The lowest BCUT2D eigenvalue weighted by Crippen LogP contribution is -2.00. The van der Waals surface area contributed by atoms with Gasteiger partial charge in [-0.1, -0.05) is 5.16 Å². The Morgan fingerprint density at radius 2 is 2.00 bits per heavy atom. The standard InChI is InChI=1S/C11H12FN3O/c12-9-5-3-8(4-6-9)11-14-10(16-15-11)2-1-7-13/h3-6H,1-2,7,13H2. The number of nitrogens with two attached hydrogens (primary N) is 1. The van der Waals surface area contributed by atoms with E-state index in [1.807, 2.05) is 0 Å². The molecule has 0 aliphatic rings. The minimum Gasteiger partial charge on any atom is -0.339 e. The second-order valence-electron chi connectivity index (χ2n) is 3.41. The van der Waals surface area contributed by atoms with Gasteiger partial charge in [-0.05, 0) is 37.2 Å². The van der Waals surface area contributed by atoms with Crippen LogP contribution in [-0.2, 0) is 6.42 Å². The first-order valence-electron chi connectivity index (χ1n) is 5.08. The topological polar surface area (TPSA) is 64.9 Å². The Morgan fingerprint density at radius 1 is 1.25 bits per heavy atom. The average molecular weight is 221 g/mol. The molecule has 1 aromatic heterocycles. The Kier molecular flexibility index (Phi) is 3.26. The molecule has 2 aromatic rings. The van der Waals surface area contributed by atoms with Gasteiger partial charge in [0.2, 0.25) is 11.7 Å². The van der Waals surface area contributed by atoms with Crippen LogP contribution in [0.4, 0.5) is 4.39 Å². The Labute approximate surface area is 92.3 Å². The first-order chi connectivity index (χ1) is 7.79. The maximum absolute atomic E-state index is 12.7. The molecule has 0 aliphatic heterocycles. The number of hydrogen-bond donors (Lipinski definition) is 1. The van der Waals surface area contributed by atoms with Crippen LogP contribution in [0.5, 0.6) is 0 Å². The van der Waals surface area contributed by atoms with E-state index in [9.17, 15) is 4.39 Å². The molecule has 0 saturated heterocycles. The highest BCUT2D eigenvalue weighted by Crippen LogP contribution is 2.16. The second-order valence-corrected chi connectivity index (χ2v) is 3.41. The first-order valence-corrected chi connectivity index (χ1v) is 5.08. The van der Waals surface area contributed by atoms with Gasteiger partial charge in [-0.3, -0.25) is 0 Å². The van der Waals surface area contributed by atoms with Gasteiger partial charge in [0, 0.05) is 12.0 Å². The van der Waals surface area contributed by atoms with Gasteiger partial charge < -0.3 is 10.3 Å². The minimum atomic E-state index is -0.282. The van der Waals surface area contributed by atoms with E-state index in [4.69, 9.17) is 10.3 Å². The molecule has 5 heteroatoms. The van der Waals surface area contributed by atoms with Crippen molar-refractivity contribution in [1.29, 1.82) is 0 Å². The number of aromatic nitrogens is 2. The van der Waals surface area contributed by atoms with E-state index in [1.165, 1.54) is 12.1 Å². The fourth-order valence-electron chi connectivity index (χ4n) is 1.33. The molecule has 0 radical (unpaired) electrons. The zero-order chi connectivity index (χ0) is 11.4. The molecule has 0 saturated carbocycles. The molecule has 0 fully saturated rings. The van der Waals surface area contributed by atoms with Crippen LogP contribution in [-0.4, -0.2) is 16.7 Å². The van der Waals surface area contributed by atoms with Crippen molar-refractivity contribution in [3.63, 3.8) is 0 Å². The van der Waals surface area contributed by atoms with Crippen molar-refractivity contribution in [1.82, 2.24) is 10.1 Å². The van der Waals surface area contributed by atoms with Gasteiger partial charge in [0.05, 0.1) is 0 Å². The Bertz CT molecular complexity index is 453. The van der Waals surface area contributed by atoms with Gasteiger partial charge >= 0.3 is 0 Å². The highest BCUT2D eigenvalue weighted by molar-refractivity contribution is 5.53. The van der Waals surface area contributed by atoms with E-state index in [0.717, 1.165) is 12.0 Å². The summed E-state index contributed by atoms with van der Waals surface area (Å²) in [6.07, 6.45) is 1.48. The van der Waals surface area contributed by atoms with Crippen LogP contribution in [0.15, 0.2) is 28.8 Å². The fourth-order valence-corrected chi connectivity index (χ4v) is 1.33. The molecule has 0 unspecified atom stereocenters. The van der Waals surface area contributed by atoms with Gasteiger partial charge in [0.15, 0.2) is 0 Å². The van der Waals surface area contributed by atoms with Crippen molar-refractivity contribution in [2.75, 3.05) is 6.54 Å². The molecule has 4 nitrogen and oxygen atoms in total. The quantitative estimate of drug-likeness (QED) is 0.854. The molecular weight excluding hydrogens is 209 g/mol. The molecule has 84 valence electrons. The van der Waals surface area contributed by atoms with Crippen molar-refractivity contribution in [2.24, 2.45) is 5.73 Å². The lowest BCUT2D eigenvalue weighted by Gasteiger charge is -1.92. The molecule has 16 heavy (non-hydrogen) atoms. The Hall–Kier alpha value is -1.75. The Morgan fingerprint density at radius 3 is 2.69 bits per heavy atom. The molecule has 0 atom stereocenters. The van der Waals surface area contributed by atoms with E-state index in [2.05, 4.69) is 10.1 Å². The Balaban J connectivity index is 2.15. The molecule has 1 heterocycles. The van der Waals surface area contributed by atoms with Crippen LogP contribution in [0.2, 0.25) is 0 Å². The predicted octanol–water partition coefficient (Wildman–Crippen LogP) is 1.77. The lowest BCUT2D eigenvalue weighted by atomic mass is 10.2. The second kappa shape index (κ2) is 4.85. The molecule has 2 N–H and O–H groups in total. The molecule has 0 spiro atoms. The van der Waals surface area contributed by atoms with Gasteiger partial charge in [0.1, 0.15) is 5.82 Å². The van der Waals surface area contributed by atoms with E-state index >= 15 is 0 Å². The normalized spacial score (nSPS) is 10.6.